The van der Waals surface area contributed by atoms with Crippen molar-refractivity contribution in [2.75, 3.05) is 13.2 Å². The monoisotopic (exact) mass is 368 g/mol. The van der Waals surface area contributed by atoms with E-state index in [1.54, 1.807) is 12.2 Å². The molecule has 1 saturated heterocycles. The lowest BCUT2D eigenvalue weighted by Gasteiger charge is -2.42. The van der Waals surface area contributed by atoms with Gasteiger partial charge in [-0.25, -0.2) is 0 Å². The van der Waals surface area contributed by atoms with Gasteiger partial charge in [0, 0.05) is 17.4 Å². The van der Waals surface area contributed by atoms with Crippen molar-refractivity contribution < 1.29 is 19.7 Å². The van der Waals surface area contributed by atoms with E-state index in [9.17, 15) is 10.2 Å². The molecule has 0 amide bonds. The predicted molar refractivity (Wildman–Crippen MR) is 105 cm³/mol. The number of benzene rings is 1. The molecule has 4 heteroatoms. The fraction of sp³-hybridized carbons (Fsp3) is 0.478. The molecule has 2 aliphatic rings. The Labute approximate surface area is 161 Å². The van der Waals surface area contributed by atoms with Crippen molar-refractivity contribution in [3.63, 3.8) is 0 Å². The number of hydrogen-bond donors (Lipinski definition) is 2. The Bertz CT molecular complexity index is 756. The summed E-state index contributed by atoms with van der Waals surface area (Å²) in [6.07, 6.45) is 7.25. The van der Waals surface area contributed by atoms with Crippen LogP contribution < -0.4 is 0 Å². The van der Waals surface area contributed by atoms with Gasteiger partial charge in [0.15, 0.2) is 11.4 Å². The maximum atomic E-state index is 10.8. The van der Waals surface area contributed by atoms with E-state index in [0.717, 1.165) is 5.56 Å². The second-order valence-corrected chi connectivity index (χ2v) is 8.47. The van der Waals surface area contributed by atoms with E-state index < -0.39 is 17.0 Å². The predicted octanol–water partition coefficient (Wildman–Crippen LogP) is 3.20. The van der Waals surface area contributed by atoms with Crippen molar-refractivity contribution >= 4 is 0 Å². The van der Waals surface area contributed by atoms with Gasteiger partial charge in [0.2, 0.25) is 0 Å². The average Bonchev–Trinajstić information content (AvgIpc) is 2.66. The summed E-state index contributed by atoms with van der Waals surface area (Å²) in [5.74, 6) is 5.10. The summed E-state index contributed by atoms with van der Waals surface area (Å²) >= 11 is 0. The highest BCUT2D eigenvalue weighted by atomic mass is 16.7. The summed E-state index contributed by atoms with van der Waals surface area (Å²) in [6.45, 7) is 7.36. The molecule has 1 heterocycles. The molecular weight excluding hydrogens is 340 g/mol. The van der Waals surface area contributed by atoms with E-state index in [-0.39, 0.29) is 5.41 Å². The SMILES string of the molecule is CC1(C)COC(C)(CCC2(O)C=CC(O)(C#Cc3ccccc3)C=C2)OC1. The maximum Gasteiger partial charge on any atom is 0.165 e. The van der Waals surface area contributed by atoms with Gasteiger partial charge in [0.05, 0.1) is 13.2 Å². The van der Waals surface area contributed by atoms with Gasteiger partial charge in [0.1, 0.15) is 5.60 Å². The van der Waals surface area contributed by atoms with Crippen LogP contribution in [0.3, 0.4) is 0 Å². The van der Waals surface area contributed by atoms with Crippen LogP contribution in [0.1, 0.15) is 39.2 Å². The van der Waals surface area contributed by atoms with Crippen molar-refractivity contribution in [1.29, 1.82) is 0 Å². The highest BCUT2D eigenvalue weighted by Crippen LogP contribution is 2.35. The summed E-state index contributed by atoms with van der Waals surface area (Å²) in [7, 11) is 0. The second kappa shape index (κ2) is 7.26. The third-order valence-corrected chi connectivity index (χ3v) is 4.95. The molecule has 0 bridgehead atoms. The van der Waals surface area contributed by atoms with Gasteiger partial charge < -0.3 is 19.7 Å². The van der Waals surface area contributed by atoms with E-state index >= 15 is 0 Å². The van der Waals surface area contributed by atoms with Crippen LogP contribution in [0, 0.1) is 17.3 Å². The summed E-state index contributed by atoms with van der Waals surface area (Å²) in [5.41, 5.74) is -1.69. The van der Waals surface area contributed by atoms with Gasteiger partial charge in [0.25, 0.3) is 0 Å². The fourth-order valence-electron chi connectivity index (χ4n) is 2.95. The zero-order valence-corrected chi connectivity index (χ0v) is 16.2. The van der Waals surface area contributed by atoms with Gasteiger partial charge >= 0.3 is 0 Å². The van der Waals surface area contributed by atoms with E-state index in [1.807, 2.05) is 37.3 Å². The smallest absolute Gasteiger partial charge is 0.165 e. The zero-order valence-electron chi connectivity index (χ0n) is 16.2. The Kier molecular flexibility index (Phi) is 5.33. The van der Waals surface area contributed by atoms with Crippen molar-refractivity contribution in [1.82, 2.24) is 0 Å². The maximum absolute atomic E-state index is 10.8. The van der Waals surface area contributed by atoms with Crippen LogP contribution in [0.4, 0.5) is 0 Å². The van der Waals surface area contributed by atoms with Gasteiger partial charge in [-0.3, -0.25) is 0 Å². The normalized spacial score (nSPS) is 31.1. The van der Waals surface area contributed by atoms with Crippen molar-refractivity contribution in [3.8, 4) is 11.8 Å². The molecule has 0 atom stereocenters. The first-order valence-electron chi connectivity index (χ1n) is 9.33. The molecule has 1 aliphatic carbocycles. The van der Waals surface area contributed by atoms with Crippen LogP contribution >= 0.6 is 0 Å². The first-order chi connectivity index (χ1) is 12.6. The number of hydrogen-bond acceptors (Lipinski definition) is 4. The molecule has 2 N–H and O–H groups in total. The Balaban J connectivity index is 1.60. The molecule has 27 heavy (non-hydrogen) atoms. The minimum Gasteiger partial charge on any atom is -0.382 e. The van der Waals surface area contributed by atoms with Crippen LogP contribution in [-0.2, 0) is 9.47 Å². The molecule has 4 nitrogen and oxygen atoms in total. The first-order valence-corrected chi connectivity index (χ1v) is 9.33. The van der Waals surface area contributed by atoms with Crippen molar-refractivity contribution in [2.45, 2.75) is 50.6 Å². The van der Waals surface area contributed by atoms with E-state index in [4.69, 9.17) is 9.47 Å². The molecule has 1 fully saturated rings. The largest absolute Gasteiger partial charge is 0.382 e. The molecule has 0 saturated carbocycles. The van der Waals surface area contributed by atoms with Gasteiger partial charge in [-0.05, 0) is 49.8 Å². The molecule has 1 aromatic rings. The fourth-order valence-corrected chi connectivity index (χ4v) is 2.95. The Morgan fingerprint density at radius 1 is 0.889 bits per heavy atom. The van der Waals surface area contributed by atoms with E-state index in [0.29, 0.717) is 26.1 Å². The van der Waals surface area contributed by atoms with Crippen LogP contribution in [-0.4, -0.2) is 40.4 Å². The van der Waals surface area contributed by atoms with Gasteiger partial charge in [-0.1, -0.05) is 43.9 Å². The average molecular weight is 368 g/mol. The van der Waals surface area contributed by atoms with Gasteiger partial charge in [-0.15, -0.1) is 0 Å². The lowest BCUT2D eigenvalue weighted by Crippen LogP contribution is -2.46. The standard InChI is InChI=1S/C23H28O4/c1-20(2)17-26-21(3,27-18-20)11-12-23(25)15-13-22(24,14-16-23)10-9-19-7-5-4-6-8-19/h4-8,13-16,24-25H,11-12,17-18H2,1-3H3. The second-order valence-electron chi connectivity index (χ2n) is 8.47. The van der Waals surface area contributed by atoms with E-state index in [1.165, 1.54) is 12.2 Å². The van der Waals surface area contributed by atoms with Crippen LogP contribution in [0.5, 0.6) is 0 Å². The highest BCUT2D eigenvalue weighted by Gasteiger charge is 2.39. The summed E-state index contributed by atoms with van der Waals surface area (Å²) in [4.78, 5) is 0. The molecule has 1 aliphatic heterocycles. The molecular formula is C23H28O4. The third-order valence-electron chi connectivity index (χ3n) is 4.95. The van der Waals surface area contributed by atoms with Gasteiger partial charge in [-0.2, -0.15) is 0 Å². The molecule has 0 spiro atoms. The molecule has 1 aromatic carbocycles. The Morgan fingerprint density at radius 3 is 2.07 bits per heavy atom. The molecule has 0 unspecified atom stereocenters. The lowest BCUT2D eigenvalue weighted by atomic mass is 9.85. The van der Waals surface area contributed by atoms with Crippen molar-refractivity contribution in [2.24, 2.45) is 5.41 Å². The number of ether oxygens (including phenoxy) is 2. The summed E-state index contributed by atoms with van der Waals surface area (Å²) < 4.78 is 11.8. The molecule has 3 rings (SSSR count). The Morgan fingerprint density at radius 2 is 1.48 bits per heavy atom. The highest BCUT2D eigenvalue weighted by molar-refractivity contribution is 5.43. The lowest BCUT2D eigenvalue weighted by molar-refractivity contribution is -0.293. The third kappa shape index (κ3) is 5.31. The minimum atomic E-state index is -1.38. The molecule has 0 aromatic heterocycles. The van der Waals surface area contributed by atoms with E-state index in [2.05, 4.69) is 25.7 Å². The van der Waals surface area contributed by atoms with Crippen LogP contribution in [0.15, 0.2) is 54.6 Å². The van der Waals surface area contributed by atoms with Crippen LogP contribution in [0.2, 0.25) is 0 Å². The summed E-state index contributed by atoms with van der Waals surface area (Å²) in [5, 5.41) is 21.4. The number of rotatable bonds is 3. The summed E-state index contributed by atoms with van der Waals surface area (Å²) in [6, 6.07) is 9.48. The quantitative estimate of drug-likeness (QED) is 0.635. The molecule has 0 radical (unpaired) electrons. The Hall–Kier alpha value is -1.90. The molecule has 144 valence electrons. The topological polar surface area (TPSA) is 58.9 Å². The zero-order chi connectivity index (χ0) is 19.6. The van der Waals surface area contributed by atoms with Crippen molar-refractivity contribution in [3.05, 3.63) is 60.2 Å². The van der Waals surface area contributed by atoms with Crippen LogP contribution in [0.25, 0.3) is 0 Å². The minimum absolute atomic E-state index is 0.00890. The number of aliphatic hydroxyl groups is 2. The first kappa shape index (κ1) is 19.9.